The molecule has 2 aliphatic heterocycles. The van der Waals surface area contributed by atoms with Crippen LogP contribution in [0.5, 0.6) is 11.5 Å². The number of benzene rings is 1. The van der Waals surface area contributed by atoms with Gasteiger partial charge in [-0.1, -0.05) is 6.07 Å². The Morgan fingerprint density at radius 3 is 2.84 bits per heavy atom. The first-order valence-corrected chi connectivity index (χ1v) is 10.7. The van der Waals surface area contributed by atoms with Gasteiger partial charge in [0.15, 0.2) is 11.5 Å². The number of likely N-dealkylation sites (N-methyl/N-ethyl adjacent to an activating group) is 1. The van der Waals surface area contributed by atoms with Crippen LogP contribution in [0.15, 0.2) is 12.1 Å². The van der Waals surface area contributed by atoms with Crippen molar-refractivity contribution in [3.05, 3.63) is 23.3 Å². The summed E-state index contributed by atoms with van der Waals surface area (Å²) < 4.78 is 11.7. The lowest BCUT2D eigenvalue weighted by atomic mass is 9.51. The van der Waals surface area contributed by atoms with Gasteiger partial charge in [0, 0.05) is 17.0 Å². The van der Waals surface area contributed by atoms with Gasteiger partial charge in [-0.15, -0.1) is 24.8 Å². The number of ether oxygens (including phenoxy) is 2. The molecule has 1 aromatic rings. The zero-order valence-electron chi connectivity index (χ0n) is 18.2. The molecule has 2 bridgehead atoms. The number of carbonyl (C=O) groups excluding carboxylic acids is 1. The Labute approximate surface area is 195 Å². The van der Waals surface area contributed by atoms with Crippen molar-refractivity contribution in [2.45, 2.75) is 56.2 Å². The van der Waals surface area contributed by atoms with E-state index in [0.717, 1.165) is 32.2 Å². The largest absolute Gasteiger partial charge is 0.504 e. The van der Waals surface area contributed by atoms with Crippen molar-refractivity contribution in [2.24, 2.45) is 5.92 Å². The summed E-state index contributed by atoms with van der Waals surface area (Å²) in [5.41, 5.74) is 2.38. The smallest absolute Gasteiger partial charge is 0.322 e. The van der Waals surface area contributed by atoms with Gasteiger partial charge in [-0.05, 0) is 63.7 Å². The van der Waals surface area contributed by atoms with Crippen molar-refractivity contribution >= 4 is 30.8 Å². The molecular weight excluding hydrogens is 443 g/mol. The molecular formula is C22H32Cl2N2O5. The molecule has 5 atom stereocenters. The monoisotopic (exact) mass is 474 g/mol. The number of esters is 1. The van der Waals surface area contributed by atoms with Crippen LogP contribution in [0.1, 0.15) is 37.3 Å². The minimum Gasteiger partial charge on any atom is -0.504 e. The van der Waals surface area contributed by atoms with Crippen molar-refractivity contribution in [2.75, 3.05) is 33.9 Å². The van der Waals surface area contributed by atoms with Crippen LogP contribution in [-0.4, -0.2) is 73.1 Å². The molecule has 9 heteroatoms. The summed E-state index contributed by atoms with van der Waals surface area (Å²) in [6.07, 6.45) is 3.79. The lowest BCUT2D eigenvalue weighted by Crippen LogP contribution is -2.68. The molecule has 1 spiro atoms. The summed E-state index contributed by atoms with van der Waals surface area (Å²) >= 11 is 0. The van der Waals surface area contributed by atoms with Crippen molar-refractivity contribution in [3.8, 4) is 11.5 Å². The minimum atomic E-state index is -0.294. The number of halogens is 2. The second-order valence-electron chi connectivity index (χ2n) is 8.84. The Morgan fingerprint density at radius 2 is 2.13 bits per heavy atom. The van der Waals surface area contributed by atoms with Gasteiger partial charge < -0.3 is 24.3 Å². The molecule has 31 heavy (non-hydrogen) atoms. The summed E-state index contributed by atoms with van der Waals surface area (Å²) in [6.45, 7) is 3.24. The van der Waals surface area contributed by atoms with Crippen molar-refractivity contribution in [1.82, 2.24) is 9.96 Å². The van der Waals surface area contributed by atoms with Crippen molar-refractivity contribution in [1.29, 1.82) is 0 Å². The van der Waals surface area contributed by atoms with Gasteiger partial charge in [0.05, 0.1) is 19.8 Å². The quantitative estimate of drug-likeness (QED) is 0.519. The van der Waals surface area contributed by atoms with E-state index >= 15 is 0 Å². The summed E-state index contributed by atoms with van der Waals surface area (Å²) in [7, 11) is 3.83. The van der Waals surface area contributed by atoms with Gasteiger partial charge in [0.1, 0.15) is 12.6 Å². The van der Waals surface area contributed by atoms with E-state index in [1.165, 1.54) is 11.1 Å². The Kier molecular flexibility index (Phi) is 7.04. The van der Waals surface area contributed by atoms with E-state index < -0.39 is 0 Å². The molecule has 174 valence electrons. The molecule has 1 saturated heterocycles. The fourth-order valence-electron chi connectivity index (χ4n) is 6.66. The maximum Gasteiger partial charge on any atom is 0.322 e. The molecule has 2 aliphatic carbocycles. The molecule has 4 aliphatic rings. The van der Waals surface area contributed by atoms with Crippen LogP contribution >= 0.6 is 24.8 Å². The number of likely N-dealkylation sites (tertiary alicyclic amines) is 1. The average Bonchev–Trinajstić information content (AvgIpc) is 3.06. The molecule has 1 aromatic carbocycles. The number of nitrogens with zero attached hydrogens (tertiary/aromatic N) is 2. The highest BCUT2D eigenvalue weighted by molar-refractivity contribution is 5.85. The number of carbonyl (C=O) groups is 1. The number of phenolic OH excluding ortho intramolecular Hbond substituents is 1. The Morgan fingerprint density at radius 1 is 1.35 bits per heavy atom. The third-order valence-corrected chi connectivity index (χ3v) is 7.76. The molecule has 0 aromatic heterocycles. The predicted molar refractivity (Wildman–Crippen MR) is 120 cm³/mol. The lowest BCUT2D eigenvalue weighted by molar-refractivity contribution is -0.213. The Bertz CT molecular complexity index is 840. The molecule has 1 saturated carbocycles. The zero-order chi connectivity index (χ0) is 20.3. The molecule has 0 radical (unpaired) electrons. The van der Waals surface area contributed by atoms with Crippen molar-refractivity contribution in [3.63, 3.8) is 0 Å². The normalized spacial score (nSPS) is 32.4. The number of phenols is 1. The molecule has 2 heterocycles. The number of hydrogen-bond donors (Lipinski definition) is 1. The van der Waals surface area contributed by atoms with Crippen LogP contribution in [0.3, 0.4) is 0 Å². The molecule has 1 N–H and O–H groups in total. The second-order valence-corrected chi connectivity index (χ2v) is 8.84. The van der Waals surface area contributed by atoms with E-state index in [9.17, 15) is 9.90 Å². The topological polar surface area (TPSA) is 71.5 Å². The first kappa shape index (κ1) is 24.4. The molecule has 5 rings (SSSR count). The fraction of sp³-hybridized carbons (Fsp3) is 0.682. The van der Waals surface area contributed by atoms with E-state index in [0.29, 0.717) is 24.3 Å². The predicted octanol–water partition coefficient (Wildman–Crippen LogP) is 2.70. The van der Waals surface area contributed by atoms with Crippen LogP contribution in [0.25, 0.3) is 0 Å². The number of hydroxylamine groups is 2. The zero-order valence-corrected chi connectivity index (χ0v) is 19.8. The molecule has 7 nitrogen and oxygen atoms in total. The highest BCUT2D eigenvalue weighted by Crippen LogP contribution is 2.64. The molecule has 0 amide bonds. The van der Waals surface area contributed by atoms with Crippen LogP contribution < -0.4 is 4.74 Å². The first-order valence-electron chi connectivity index (χ1n) is 10.7. The van der Waals surface area contributed by atoms with Crippen LogP contribution in [0.4, 0.5) is 0 Å². The minimum absolute atomic E-state index is 0. The summed E-state index contributed by atoms with van der Waals surface area (Å²) in [4.78, 5) is 20.3. The summed E-state index contributed by atoms with van der Waals surface area (Å²) in [5, 5.41) is 12.3. The number of piperidine rings is 1. The first-order chi connectivity index (χ1) is 14.0. The summed E-state index contributed by atoms with van der Waals surface area (Å²) in [5.74, 6) is 1.06. The third kappa shape index (κ3) is 3.40. The van der Waals surface area contributed by atoms with Crippen molar-refractivity contribution < 1.29 is 24.2 Å². The van der Waals surface area contributed by atoms with Gasteiger partial charge in [0.2, 0.25) is 0 Å². The van der Waals surface area contributed by atoms with Gasteiger partial charge in [-0.2, -0.15) is 5.06 Å². The van der Waals surface area contributed by atoms with E-state index in [1.54, 1.807) is 25.2 Å². The van der Waals surface area contributed by atoms with Gasteiger partial charge >= 0.3 is 5.97 Å². The van der Waals surface area contributed by atoms with Crippen LogP contribution in [0.2, 0.25) is 0 Å². The SMILES string of the molecule is CCOC(=O)CN(OC)[C@@H]1CC[C@H]2[C@H]3Cc4ccc(O)c5c4[C@@]2(CCN3C)[C@H]1O5.Cl.Cl. The number of aromatic hydroxyl groups is 1. The van der Waals surface area contributed by atoms with Gasteiger partial charge in [-0.25, -0.2) is 0 Å². The standard InChI is InChI=1S/C22H30N2O5.2ClH/c1-4-28-18(26)12-24(27-3)15-7-6-14-16-11-13-5-8-17(25)20-19(13)22(14,21(15)29-20)9-10-23(16)2;;/h5,8,14-16,21,25H,4,6-7,9-12H2,1-3H3;2*1H/t14-,15+,16+,21-,22-;;/m0../s1. The highest BCUT2D eigenvalue weighted by atomic mass is 35.5. The maximum atomic E-state index is 12.2. The Hall–Kier alpha value is -1.25. The molecule has 0 unspecified atom stereocenters. The fourth-order valence-corrected chi connectivity index (χ4v) is 6.66. The van der Waals surface area contributed by atoms with Crippen LogP contribution in [-0.2, 0) is 26.2 Å². The summed E-state index contributed by atoms with van der Waals surface area (Å²) in [6, 6.07) is 4.25. The molecule has 2 fully saturated rings. The lowest BCUT2D eigenvalue weighted by Gasteiger charge is -2.59. The highest BCUT2D eigenvalue weighted by Gasteiger charge is 2.66. The third-order valence-electron chi connectivity index (χ3n) is 7.76. The second kappa shape index (κ2) is 8.94. The van der Waals surface area contributed by atoms with E-state index in [-0.39, 0.29) is 60.6 Å². The van der Waals surface area contributed by atoms with E-state index in [4.69, 9.17) is 14.3 Å². The van der Waals surface area contributed by atoms with E-state index in [1.807, 2.05) is 0 Å². The number of rotatable bonds is 5. The van der Waals surface area contributed by atoms with Gasteiger partial charge in [-0.3, -0.25) is 4.79 Å². The Balaban J connectivity index is 0.00000136. The van der Waals surface area contributed by atoms with Crippen LogP contribution in [0, 0.1) is 5.92 Å². The maximum absolute atomic E-state index is 12.2. The van der Waals surface area contributed by atoms with E-state index in [2.05, 4.69) is 18.0 Å². The average molecular weight is 475 g/mol. The van der Waals surface area contributed by atoms with Gasteiger partial charge in [0.25, 0.3) is 0 Å². The number of hydrogen-bond acceptors (Lipinski definition) is 7.